The van der Waals surface area contributed by atoms with Crippen LogP contribution in [0.3, 0.4) is 0 Å². The van der Waals surface area contributed by atoms with Crippen LogP contribution in [0.2, 0.25) is 0 Å². The summed E-state index contributed by atoms with van der Waals surface area (Å²) in [6, 6.07) is 1.88. The predicted octanol–water partition coefficient (Wildman–Crippen LogP) is 0.284. The van der Waals surface area contributed by atoms with Gasteiger partial charge in [-0.2, -0.15) is 0 Å². The molecule has 3 heteroatoms. The minimum atomic E-state index is -0.730. The van der Waals surface area contributed by atoms with Crippen LogP contribution in [0.1, 0.15) is 6.92 Å². The Morgan fingerprint density at radius 1 is 1.78 bits per heavy atom. The zero-order chi connectivity index (χ0) is 7.11. The summed E-state index contributed by atoms with van der Waals surface area (Å²) in [5.74, 6) is 2.36. The zero-order valence-electron chi connectivity index (χ0n) is 4.89. The van der Waals surface area contributed by atoms with Gasteiger partial charge in [-0.25, -0.2) is 10.1 Å². The van der Waals surface area contributed by atoms with Gasteiger partial charge in [0.25, 0.3) is 0 Å². The van der Waals surface area contributed by atoms with Crippen LogP contribution in [0.25, 0.3) is 0 Å². The lowest BCUT2D eigenvalue weighted by molar-refractivity contribution is 0.196. The predicted molar refractivity (Wildman–Crippen MR) is 31.9 cm³/mol. The third-order valence-electron chi connectivity index (χ3n) is 0.420. The summed E-state index contributed by atoms with van der Waals surface area (Å²) in [6.07, 6.45) is 6.04. The van der Waals surface area contributed by atoms with Gasteiger partial charge in [0.05, 0.1) is 0 Å². The fraction of sp³-hybridized carbons (Fsp3) is 0.167. The molecule has 0 unspecified atom stereocenters. The van der Waals surface area contributed by atoms with E-state index < -0.39 is 6.09 Å². The van der Waals surface area contributed by atoms with Crippen molar-refractivity contribution >= 4 is 6.09 Å². The average Bonchev–Trinajstić information content (AvgIpc) is 1.85. The molecule has 0 bridgehead atoms. The highest BCUT2D eigenvalue weighted by Gasteiger charge is 1.92. The van der Waals surface area contributed by atoms with Crippen molar-refractivity contribution in [1.82, 2.24) is 5.32 Å². The van der Waals surface area contributed by atoms with E-state index in [1.807, 2.05) is 11.4 Å². The van der Waals surface area contributed by atoms with Crippen LogP contribution in [0.4, 0.5) is 4.79 Å². The lowest BCUT2D eigenvalue weighted by Gasteiger charge is -1.88. The van der Waals surface area contributed by atoms with E-state index in [9.17, 15) is 4.79 Å². The van der Waals surface area contributed by atoms with Crippen LogP contribution in [-0.4, -0.2) is 6.09 Å². The molecule has 9 heavy (non-hydrogen) atoms. The number of hydrogen-bond acceptors (Lipinski definition) is 2. The maximum absolute atomic E-state index is 10.2. The monoisotopic (exact) mass is 123 g/mol. The Labute approximate surface area is 53.4 Å². The van der Waals surface area contributed by atoms with E-state index in [2.05, 4.69) is 16.8 Å². The number of hydrogen-bond donors (Lipinski definition) is 1. The van der Waals surface area contributed by atoms with Crippen molar-refractivity contribution in [2.45, 2.75) is 6.92 Å². The molecule has 0 aliphatic heterocycles. The van der Waals surface area contributed by atoms with Crippen molar-refractivity contribution < 1.29 is 9.53 Å². The fourth-order valence-corrected chi connectivity index (χ4v) is 0.182. The van der Waals surface area contributed by atoms with Crippen molar-refractivity contribution in [2.75, 3.05) is 0 Å². The molecule has 0 aromatic rings. The first-order valence-electron chi connectivity index (χ1n) is 2.15. The van der Waals surface area contributed by atoms with E-state index in [0.717, 1.165) is 0 Å². The summed E-state index contributed by atoms with van der Waals surface area (Å²) in [5.41, 5.74) is 0. The third-order valence-corrected chi connectivity index (χ3v) is 0.420. The largest absolute Gasteiger partial charge is 0.432 e. The molecule has 0 atom stereocenters. The van der Waals surface area contributed by atoms with Crippen molar-refractivity contribution in [3.8, 4) is 24.5 Å². The second-order valence-electron chi connectivity index (χ2n) is 1.01. The van der Waals surface area contributed by atoms with Crippen LogP contribution < -0.4 is 5.32 Å². The average molecular weight is 123 g/mol. The lowest BCUT2D eigenvalue weighted by atomic mass is 10.8. The van der Waals surface area contributed by atoms with E-state index in [1.165, 1.54) is 0 Å². The summed E-state index contributed by atoms with van der Waals surface area (Å²) in [6.45, 7) is 1.54. The molecule has 0 radical (unpaired) electrons. The topological polar surface area (TPSA) is 38.3 Å². The van der Waals surface area contributed by atoms with E-state index in [0.29, 0.717) is 0 Å². The molecule has 1 amide bonds. The minimum Gasteiger partial charge on any atom is -0.355 e. The maximum atomic E-state index is 10.2. The molecule has 3 nitrogen and oxygen atoms in total. The van der Waals surface area contributed by atoms with Crippen LogP contribution in [0.15, 0.2) is 0 Å². The van der Waals surface area contributed by atoms with E-state index in [4.69, 9.17) is 6.42 Å². The van der Waals surface area contributed by atoms with Crippen LogP contribution in [-0.2, 0) is 4.74 Å². The summed E-state index contributed by atoms with van der Waals surface area (Å²) in [4.78, 5) is 10.2. The maximum Gasteiger partial charge on any atom is 0.432 e. The second kappa shape index (κ2) is 4.55. The highest BCUT2D eigenvalue weighted by Crippen LogP contribution is 1.69. The molecule has 0 fully saturated rings. The third kappa shape index (κ3) is 4.24. The van der Waals surface area contributed by atoms with Gasteiger partial charge in [0, 0.05) is 13.0 Å². The summed E-state index contributed by atoms with van der Waals surface area (Å²) in [5, 5.41) is 1.94. The first kappa shape index (κ1) is 7.39. The van der Waals surface area contributed by atoms with Crippen molar-refractivity contribution in [1.29, 1.82) is 0 Å². The van der Waals surface area contributed by atoms with Gasteiger partial charge in [0.15, 0.2) is 0 Å². The number of terminal acetylenes is 1. The van der Waals surface area contributed by atoms with Crippen molar-refractivity contribution in [3.05, 3.63) is 0 Å². The summed E-state index contributed by atoms with van der Waals surface area (Å²) in [7, 11) is 0. The molecule has 1 N–H and O–H groups in total. The number of nitrogens with one attached hydrogen (secondary N) is 1. The molecule has 0 rings (SSSR count). The Morgan fingerprint density at radius 3 is 2.89 bits per heavy atom. The number of carbonyl (C=O) groups excluding carboxylic acids is 1. The normalized spacial score (nSPS) is 5.78. The minimum absolute atomic E-state index is 0.730. The van der Waals surface area contributed by atoms with E-state index in [1.54, 1.807) is 6.92 Å². The molecule has 0 saturated heterocycles. The quantitative estimate of drug-likeness (QED) is 0.371. The molecule has 0 aliphatic rings. The standard InChI is InChI=1S/C6H5NO2/c1-3-5-9-6(8)7-4-2/h2H,1H3,(H,7,8). The van der Waals surface area contributed by atoms with Crippen molar-refractivity contribution in [3.63, 3.8) is 0 Å². The van der Waals surface area contributed by atoms with Crippen molar-refractivity contribution in [2.24, 2.45) is 0 Å². The van der Waals surface area contributed by atoms with Gasteiger partial charge < -0.3 is 4.74 Å². The number of carbonyl (C=O) groups is 1. The van der Waals surface area contributed by atoms with Gasteiger partial charge in [0.1, 0.15) is 6.11 Å². The van der Waals surface area contributed by atoms with Gasteiger partial charge in [0.2, 0.25) is 0 Å². The molecule has 0 aromatic heterocycles. The fourth-order valence-electron chi connectivity index (χ4n) is 0.182. The first-order valence-corrected chi connectivity index (χ1v) is 2.15. The van der Waals surface area contributed by atoms with E-state index >= 15 is 0 Å². The molecule has 0 saturated carbocycles. The van der Waals surface area contributed by atoms with Gasteiger partial charge in [-0.3, -0.25) is 0 Å². The smallest absolute Gasteiger partial charge is 0.355 e. The Balaban J connectivity index is 3.50. The Hall–Kier alpha value is -1.61. The highest BCUT2D eigenvalue weighted by atomic mass is 16.5. The second-order valence-corrected chi connectivity index (χ2v) is 1.01. The van der Waals surface area contributed by atoms with E-state index in [-0.39, 0.29) is 0 Å². The number of rotatable bonds is 0. The molecule has 0 aromatic carbocycles. The molecule has 0 aliphatic carbocycles. The molecular formula is C6H5NO2. The number of alkyl carbamates (subject to hydrolysis) is 1. The van der Waals surface area contributed by atoms with Crippen LogP contribution in [0, 0.1) is 24.5 Å². The summed E-state index contributed by atoms with van der Waals surface area (Å²) < 4.78 is 4.18. The SMILES string of the molecule is C#CNC(=O)OC#CC. The Morgan fingerprint density at radius 2 is 2.44 bits per heavy atom. The van der Waals surface area contributed by atoms with Gasteiger partial charge in [-0.1, -0.05) is 12.3 Å². The molecular weight excluding hydrogens is 118 g/mol. The Kier molecular flexibility index (Phi) is 3.73. The van der Waals surface area contributed by atoms with Gasteiger partial charge in [-0.05, 0) is 0 Å². The highest BCUT2D eigenvalue weighted by molar-refractivity contribution is 5.70. The molecule has 46 valence electrons. The van der Waals surface area contributed by atoms with Crippen LogP contribution >= 0.6 is 0 Å². The van der Waals surface area contributed by atoms with Crippen LogP contribution in [0.5, 0.6) is 0 Å². The number of amides is 1. The van der Waals surface area contributed by atoms with Gasteiger partial charge >= 0.3 is 6.09 Å². The van der Waals surface area contributed by atoms with Gasteiger partial charge in [-0.15, -0.1) is 0 Å². The number of ether oxygens (including phenoxy) is 1. The molecule has 0 heterocycles. The Bertz CT molecular complexity index is 191. The molecule has 0 spiro atoms. The zero-order valence-corrected chi connectivity index (χ0v) is 4.89. The lowest BCUT2D eigenvalue weighted by Crippen LogP contribution is -2.16. The summed E-state index contributed by atoms with van der Waals surface area (Å²) >= 11 is 0. The first-order chi connectivity index (χ1) is 4.31.